The molecule has 1 saturated carbocycles. The van der Waals surface area contributed by atoms with Gasteiger partial charge in [-0.15, -0.1) is 24.7 Å². The van der Waals surface area contributed by atoms with E-state index in [-0.39, 0.29) is 24.2 Å². The number of rotatable bonds is 13. The number of carbonyl (C=O) groups excluding carboxylic acids is 1. The van der Waals surface area contributed by atoms with Gasteiger partial charge in [0.15, 0.2) is 0 Å². The van der Waals surface area contributed by atoms with E-state index in [2.05, 4.69) is 24.8 Å². The number of ether oxygens (including phenoxy) is 3. The van der Waals surface area contributed by atoms with E-state index in [1.54, 1.807) is 7.11 Å². The summed E-state index contributed by atoms with van der Waals surface area (Å²) in [5.41, 5.74) is 0.924. The molecule has 0 radical (unpaired) electrons. The molecule has 150 valence electrons. The highest BCUT2D eigenvalue weighted by atomic mass is 16.7. The minimum Gasteiger partial charge on any atom is -0.382 e. The third kappa shape index (κ3) is 7.89. The van der Waals surface area contributed by atoms with E-state index >= 15 is 0 Å². The van der Waals surface area contributed by atoms with Crippen LogP contribution in [0.2, 0.25) is 0 Å². The molecule has 4 heteroatoms. The van der Waals surface area contributed by atoms with Crippen molar-refractivity contribution in [3.8, 4) is 24.7 Å². The molecule has 27 heavy (non-hydrogen) atoms. The van der Waals surface area contributed by atoms with Crippen LogP contribution in [0.4, 0.5) is 0 Å². The van der Waals surface area contributed by atoms with E-state index in [9.17, 15) is 4.79 Å². The Labute approximate surface area is 165 Å². The lowest BCUT2D eigenvalue weighted by atomic mass is 9.75. The maximum Gasteiger partial charge on any atom is 0.147 e. The molecule has 0 aromatic carbocycles. The third-order valence-electron chi connectivity index (χ3n) is 5.45. The second kappa shape index (κ2) is 12.7. The van der Waals surface area contributed by atoms with E-state index in [0.29, 0.717) is 31.8 Å². The van der Waals surface area contributed by atoms with Gasteiger partial charge in [0.05, 0.1) is 19.3 Å². The Morgan fingerprint density at radius 3 is 2.85 bits per heavy atom. The highest BCUT2D eigenvalue weighted by Crippen LogP contribution is 2.43. The Morgan fingerprint density at radius 2 is 2.19 bits per heavy atom. The summed E-state index contributed by atoms with van der Waals surface area (Å²) in [7, 11) is 1.64. The summed E-state index contributed by atoms with van der Waals surface area (Å²) >= 11 is 0. The third-order valence-corrected chi connectivity index (χ3v) is 5.45. The van der Waals surface area contributed by atoms with Crippen LogP contribution < -0.4 is 0 Å². The van der Waals surface area contributed by atoms with Crippen LogP contribution in [0.15, 0.2) is 11.6 Å². The molecule has 1 aliphatic rings. The Balaban J connectivity index is 2.38. The zero-order chi connectivity index (χ0) is 20.1. The van der Waals surface area contributed by atoms with Crippen LogP contribution in [0, 0.1) is 36.0 Å². The first-order valence-corrected chi connectivity index (χ1v) is 9.74. The fourth-order valence-electron chi connectivity index (χ4n) is 3.49. The number of ketones is 1. The molecule has 0 heterocycles. The molecule has 0 aromatic heterocycles. The van der Waals surface area contributed by atoms with Gasteiger partial charge in [0.1, 0.15) is 12.6 Å². The highest BCUT2D eigenvalue weighted by Gasteiger charge is 2.44. The van der Waals surface area contributed by atoms with Gasteiger partial charge < -0.3 is 14.2 Å². The van der Waals surface area contributed by atoms with Crippen molar-refractivity contribution in [3.63, 3.8) is 0 Å². The van der Waals surface area contributed by atoms with Gasteiger partial charge >= 0.3 is 0 Å². The van der Waals surface area contributed by atoms with Crippen molar-refractivity contribution in [2.24, 2.45) is 11.3 Å². The predicted molar refractivity (Wildman–Crippen MR) is 108 cm³/mol. The zero-order valence-corrected chi connectivity index (χ0v) is 17.1. The van der Waals surface area contributed by atoms with Crippen LogP contribution in [0.1, 0.15) is 58.8 Å². The molecule has 0 unspecified atom stereocenters. The van der Waals surface area contributed by atoms with Crippen LogP contribution in [0.3, 0.4) is 0 Å². The number of Topliss-reactive ketones (excluding diaryl/α,β-unsaturated/α-hetero) is 1. The van der Waals surface area contributed by atoms with Crippen LogP contribution in [0.5, 0.6) is 0 Å². The summed E-state index contributed by atoms with van der Waals surface area (Å²) in [5, 5.41) is 0. The molecule has 0 N–H and O–H groups in total. The Bertz CT molecular complexity index is 566. The minimum absolute atomic E-state index is 0.0133. The van der Waals surface area contributed by atoms with Crippen molar-refractivity contribution >= 4 is 5.78 Å². The summed E-state index contributed by atoms with van der Waals surface area (Å²) in [5.74, 6) is 5.86. The van der Waals surface area contributed by atoms with E-state index in [0.717, 1.165) is 32.1 Å². The van der Waals surface area contributed by atoms with E-state index in [1.165, 1.54) is 5.57 Å². The van der Waals surface area contributed by atoms with Gasteiger partial charge in [-0.05, 0) is 39.0 Å². The molecule has 1 fully saturated rings. The van der Waals surface area contributed by atoms with Gasteiger partial charge in [-0.25, -0.2) is 0 Å². The van der Waals surface area contributed by atoms with Gasteiger partial charge in [0.2, 0.25) is 0 Å². The first-order chi connectivity index (χ1) is 13.0. The van der Waals surface area contributed by atoms with Crippen molar-refractivity contribution in [2.75, 3.05) is 27.1 Å². The maximum atomic E-state index is 12.2. The summed E-state index contributed by atoms with van der Waals surface area (Å²) in [6, 6.07) is 0. The Kier molecular flexibility index (Phi) is 11.1. The number of hydrogen-bond donors (Lipinski definition) is 0. The fourth-order valence-corrected chi connectivity index (χ4v) is 3.49. The lowest BCUT2D eigenvalue weighted by Crippen LogP contribution is -2.28. The van der Waals surface area contributed by atoms with Crippen LogP contribution in [-0.4, -0.2) is 39.0 Å². The first kappa shape index (κ1) is 23.4. The van der Waals surface area contributed by atoms with Crippen molar-refractivity contribution in [2.45, 2.75) is 64.9 Å². The minimum atomic E-state index is -0.361. The molecule has 0 aromatic rings. The van der Waals surface area contributed by atoms with Crippen molar-refractivity contribution in [3.05, 3.63) is 11.6 Å². The lowest BCUT2D eigenvalue weighted by Gasteiger charge is -2.26. The Morgan fingerprint density at radius 1 is 1.41 bits per heavy atom. The molecular formula is C23H34O4. The molecule has 0 saturated heterocycles. The highest BCUT2D eigenvalue weighted by molar-refractivity contribution is 5.87. The quantitative estimate of drug-likeness (QED) is 0.210. The van der Waals surface area contributed by atoms with E-state index in [4.69, 9.17) is 27.1 Å². The summed E-state index contributed by atoms with van der Waals surface area (Å²) in [6.45, 7) is 5.42. The topological polar surface area (TPSA) is 44.8 Å². The fraction of sp³-hybridized carbons (Fsp3) is 0.696. The average Bonchev–Trinajstić information content (AvgIpc) is 2.93. The molecule has 1 rings (SSSR count). The maximum absolute atomic E-state index is 12.2. The molecule has 0 bridgehead atoms. The Hall–Kier alpha value is -1.59. The van der Waals surface area contributed by atoms with E-state index in [1.807, 2.05) is 6.92 Å². The van der Waals surface area contributed by atoms with Gasteiger partial charge in [-0.2, -0.15) is 0 Å². The predicted octanol–water partition coefficient (Wildman–Crippen LogP) is 4.14. The van der Waals surface area contributed by atoms with E-state index < -0.39 is 0 Å². The molecule has 0 spiro atoms. The van der Waals surface area contributed by atoms with Gasteiger partial charge in [0.25, 0.3) is 0 Å². The lowest BCUT2D eigenvalue weighted by molar-refractivity contribution is -0.126. The monoisotopic (exact) mass is 374 g/mol. The number of allylic oxidation sites excluding steroid dienone is 2. The standard InChI is InChI=1S/C23H34O4/c1-6-9-21(27-18-26-17-16-25-5)13-11-19(3)10-8-15-23(4)20(7-2)12-14-22(23)24/h1-2,10,20-21H,8-9,11-18H2,3-5H3/b19-10+/t20-,21+,23+/m0/s1. The molecule has 0 amide bonds. The first-order valence-electron chi connectivity index (χ1n) is 9.74. The van der Waals surface area contributed by atoms with Crippen LogP contribution in [0.25, 0.3) is 0 Å². The average molecular weight is 375 g/mol. The van der Waals surface area contributed by atoms with Crippen LogP contribution in [-0.2, 0) is 19.0 Å². The van der Waals surface area contributed by atoms with Gasteiger partial charge in [-0.1, -0.05) is 18.6 Å². The second-order valence-corrected chi connectivity index (χ2v) is 7.44. The van der Waals surface area contributed by atoms with Gasteiger partial charge in [-0.3, -0.25) is 4.79 Å². The zero-order valence-electron chi connectivity index (χ0n) is 17.1. The van der Waals surface area contributed by atoms with Gasteiger partial charge in [0, 0.05) is 31.3 Å². The summed E-state index contributed by atoms with van der Waals surface area (Å²) in [6.07, 6.45) is 18.7. The van der Waals surface area contributed by atoms with Crippen molar-refractivity contribution in [1.29, 1.82) is 0 Å². The number of carbonyl (C=O) groups is 1. The molecule has 4 nitrogen and oxygen atoms in total. The van der Waals surface area contributed by atoms with Crippen molar-refractivity contribution < 1.29 is 19.0 Å². The smallest absolute Gasteiger partial charge is 0.147 e. The summed E-state index contributed by atoms with van der Waals surface area (Å²) < 4.78 is 16.0. The summed E-state index contributed by atoms with van der Waals surface area (Å²) in [4.78, 5) is 12.2. The molecule has 1 aliphatic carbocycles. The molecule has 3 atom stereocenters. The largest absolute Gasteiger partial charge is 0.382 e. The molecule has 0 aliphatic heterocycles. The normalized spacial score (nSPS) is 23.8. The second-order valence-electron chi connectivity index (χ2n) is 7.44. The molecular weight excluding hydrogens is 340 g/mol. The number of methoxy groups -OCH3 is 1. The SMILES string of the molecule is C#CC[C@H](CC/C(C)=C/CC[C@@]1(C)C(=O)CC[C@@H]1C#C)OCOCCOC. The number of terminal acetylenes is 2. The number of hydrogen-bond acceptors (Lipinski definition) is 4. The van der Waals surface area contributed by atoms with Crippen molar-refractivity contribution in [1.82, 2.24) is 0 Å². The van der Waals surface area contributed by atoms with Crippen LogP contribution >= 0.6 is 0 Å².